The third-order valence-corrected chi connectivity index (χ3v) is 8.41. The van der Waals surface area contributed by atoms with Crippen molar-refractivity contribution in [1.82, 2.24) is 4.90 Å². The van der Waals surface area contributed by atoms with Crippen LogP contribution in [0, 0.1) is 4.91 Å². The van der Waals surface area contributed by atoms with Crippen LogP contribution in [0.1, 0.15) is 188 Å². The molecule has 0 aliphatic heterocycles. The van der Waals surface area contributed by atoms with Crippen LogP contribution in [-0.4, -0.2) is 63.7 Å². The van der Waals surface area contributed by atoms with Gasteiger partial charge in [-0.2, -0.15) is 4.91 Å². The van der Waals surface area contributed by atoms with E-state index in [9.17, 15) is 9.70 Å². The van der Waals surface area contributed by atoms with E-state index >= 15 is 0 Å². The van der Waals surface area contributed by atoms with Gasteiger partial charge in [0.1, 0.15) is 6.79 Å². The van der Waals surface area contributed by atoms with Gasteiger partial charge in [0.25, 0.3) is 0 Å². The quantitative estimate of drug-likeness (QED) is 0.0402. The van der Waals surface area contributed by atoms with Crippen molar-refractivity contribution in [3.8, 4) is 0 Å². The molecule has 7 nitrogen and oxygen atoms in total. The molecule has 270 valence electrons. The van der Waals surface area contributed by atoms with E-state index in [1.54, 1.807) is 0 Å². The standard InChI is InChI=1S/C19H38N2O3.C18H38O.CH2O/c1-3-5-13-18-24-19(22)14-11-9-7-6-8-10-12-16-21(4-2)17-15-20-23;1-4-6-8-10-12-14-16-18(19-3)17-15-13-11-9-7-5-2;1-2/h3-18H2,1-2H3;18H,4-17H2,1-3H3;1H2. The highest BCUT2D eigenvalue weighted by molar-refractivity contribution is 5.69. The van der Waals surface area contributed by atoms with Gasteiger partial charge in [0.15, 0.2) is 0 Å². The summed E-state index contributed by atoms with van der Waals surface area (Å²) in [4.78, 5) is 31.9. The molecule has 0 atom stereocenters. The predicted octanol–water partition coefficient (Wildman–Crippen LogP) is 11.2. The van der Waals surface area contributed by atoms with Crippen LogP contribution in [-0.2, 0) is 19.1 Å². The molecule has 0 saturated heterocycles. The molecule has 0 N–H and O–H groups in total. The molecule has 0 bridgehead atoms. The van der Waals surface area contributed by atoms with Crippen molar-refractivity contribution in [3.05, 3.63) is 4.91 Å². The average molecular weight is 643 g/mol. The first-order chi connectivity index (χ1) is 22.1. The molecule has 0 aromatic rings. The van der Waals surface area contributed by atoms with Crippen LogP contribution in [0.2, 0.25) is 0 Å². The van der Waals surface area contributed by atoms with Gasteiger partial charge >= 0.3 is 5.97 Å². The second kappa shape index (κ2) is 44.8. The van der Waals surface area contributed by atoms with Gasteiger partial charge in [-0.25, -0.2) is 0 Å². The molecule has 45 heavy (non-hydrogen) atoms. The zero-order valence-electron chi connectivity index (χ0n) is 30.9. The number of ether oxygens (including phenoxy) is 2. The second-order valence-electron chi connectivity index (χ2n) is 12.4. The SMILES string of the molecule is C=O.CCCCCCCCC(CCCCCCCC)OC.CCCCCOC(=O)CCCCCCCCCN(CC)CCN=O. The summed E-state index contributed by atoms with van der Waals surface area (Å²) in [5.74, 6) is -0.0319. The van der Waals surface area contributed by atoms with Gasteiger partial charge < -0.3 is 19.2 Å². The molecule has 0 aliphatic carbocycles. The van der Waals surface area contributed by atoms with Crippen molar-refractivity contribution in [3.63, 3.8) is 0 Å². The molecule has 7 heteroatoms. The number of carbonyl (C=O) groups is 2. The lowest BCUT2D eigenvalue weighted by atomic mass is 10.0. The number of carbonyl (C=O) groups excluding carboxylic acids is 2. The van der Waals surface area contributed by atoms with Crippen LogP contribution >= 0.6 is 0 Å². The summed E-state index contributed by atoms with van der Waals surface area (Å²) in [6.07, 6.45) is 31.8. The highest BCUT2D eigenvalue weighted by atomic mass is 16.5. The van der Waals surface area contributed by atoms with Gasteiger partial charge in [-0.3, -0.25) is 4.79 Å². The van der Waals surface area contributed by atoms with Crippen molar-refractivity contribution < 1.29 is 19.1 Å². The third-order valence-electron chi connectivity index (χ3n) is 8.41. The fourth-order valence-corrected chi connectivity index (χ4v) is 5.39. The van der Waals surface area contributed by atoms with E-state index in [2.05, 4.69) is 37.8 Å². The fourth-order valence-electron chi connectivity index (χ4n) is 5.39. The summed E-state index contributed by atoms with van der Waals surface area (Å²) >= 11 is 0. The predicted molar refractivity (Wildman–Crippen MR) is 194 cm³/mol. The molecule has 0 aliphatic rings. The van der Waals surface area contributed by atoms with Crippen molar-refractivity contribution in [2.75, 3.05) is 39.9 Å². The Labute approximate surface area is 280 Å². The van der Waals surface area contributed by atoms with E-state index in [1.807, 2.05) is 13.9 Å². The molecular formula is C38H78N2O5. The third kappa shape index (κ3) is 42.7. The molecule has 0 unspecified atom stereocenters. The first-order valence-corrected chi connectivity index (χ1v) is 19.1. The maximum absolute atomic E-state index is 11.5. The lowest BCUT2D eigenvalue weighted by Crippen LogP contribution is -2.27. The molecule has 0 aromatic carbocycles. The summed E-state index contributed by atoms with van der Waals surface area (Å²) < 4.78 is 10.8. The Balaban J connectivity index is -0.000000761. The number of unbranched alkanes of at least 4 members (excludes halogenated alkanes) is 18. The zero-order chi connectivity index (χ0) is 34.1. The average Bonchev–Trinajstić information content (AvgIpc) is 3.07. The minimum atomic E-state index is -0.0319. The molecule has 0 spiro atoms. The zero-order valence-corrected chi connectivity index (χ0v) is 30.9. The number of esters is 1. The van der Waals surface area contributed by atoms with Gasteiger partial charge in [-0.05, 0) is 45.2 Å². The number of hydrogen-bond acceptors (Lipinski definition) is 7. The van der Waals surface area contributed by atoms with Gasteiger partial charge in [0, 0.05) is 20.1 Å². The summed E-state index contributed by atoms with van der Waals surface area (Å²) in [7, 11) is 1.89. The Morgan fingerprint density at radius 3 is 1.53 bits per heavy atom. The Morgan fingerprint density at radius 1 is 0.622 bits per heavy atom. The lowest BCUT2D eigenvalue weighted by molar-refractivity contribution is -0.143. The summed E-state index contributed by atoms with van der Waals surface area (Å²) in [6, 6.07) is 0. The summed E-state index contributed by atoms with van der Waals surface area (Å²) in [6.45, 7) is 14.7. The smallest absolute Gasteiger partial charge is 0.305 e. The molecule has 0 heterocycles. The van der Waals surface area contributed by atoms with Gasteiger partial charge in [-0.1, -0.05) is 155 Å². The molecule has 0 rings (SSSR count). The van der Waals surface area contributed by atoms with Gasteiger partial charge in [0.2, 0.25) is 0 Å². The largest absolute Gasteiger partial charge is 0.466 e. The number of hydrogen-bond donors (Lipinski definition) is 0. The van der Waals surface area contributed by atoms with Crippen LogP contribution in [0.5, 0.6) is 0 Å². The van der Waals surface area contributed by atoms with Crippen LogP contribution < -0.4 is 0 Å². The second-order valence-corrected chi connectivity index (χ2v) is 12.4. The van der Waals surface area contributed by atoms with E-state index in [0.717, 1.165) is 51.7 Å². The Bertz CT molecular complexity index is 548. The number of rotatable bonds is 33. The van der Waals surface area contributed by atoms with Gasteiger partial charge in [0.05, 0.1) is 19.3 Å². The first-order valence-electron chi connectivity index (χ1n) is 19.1. The Morgan fingerprint density at radius 2 is 1.07 bits per heavy atom. The van der Waals surface area contributed by atoms with E-state index in [-0.39, 0.29) is 5.97 Å². The van der Waals surface area contributed by atoms with E-state index in [0.29, 0.717) is 25.7 Å². The highest BCUT2D eigenvalue weighted by Crippen LogP contribution is 2.16. The molecule has 0 saturated carbocycles. The molecule has 0 fully saturated rings. The maximum atomic E-state index is 11.5. The van der Waals surface area contributed by atoms with Crippen LogP contribution in [0.3, 0.4) is 0 Å². The summed E-state index contributed by atoms with van der Waals surface area (Å²) in [5.41, 5.74) is 0. The van der Waals surface area contributed by atoms with Crippen LogP contribution in [0.4, 0.5) is 0 Å². The monoisotopic (exact) mass is 643 g/mol. The molecule has 0 radical (unpaired) electrons. The lowest BCUT2D eigenvalue weighted by Gasteiger charge is -2.18. The normalized spacial score (nSPS) is 10.7. The van der Waals surface area contributed by atoms with Crippen LogP contribution in [0.25, 0.3) is 0 Å². The summed E-state index contributed by atoms with van der Waals surface area (Å²) in [5, 5.41) is 2.92. The Kier molecular flexibility index (Phi) is 47.8. The fraction of sp³-hybridized carbons (Fsp3) is 0.947. The van der Waals surface area contributed by atoms with Gasteiger partial charge in [-0.15, -0.1) is 0 Å². The topological polar surface area (TPSA) is 85.3 Å². The minimum absolute atomic E-state index is 0.0319. The molecule has 0 aromatic heterocycles. The maximum Gasteiger partial charge on any atom is 0.305 e. The Hall–Kier alpha value is -1.34. The number of likely N-dealkylation sites (N-methyl/N-ethyl adjacent to an activating group) is 1. The number of methoxy groups -OCH3 is 1. The van der Waals surface area contributed by atoms with Crippen molar-refractivity contribution in [1.29, 1.82) is 0 Å². The number of nitroso groups, excluding NO2 is 1. The molecule has 0 amide bonds. The molecular weight excluding hydrogens is 564 g/mol. The van der Waals surface area contributed by atoms with Crippen molar-refractivity contribution >= 4 is 12.8 Å². The minimum Gasteiger partial charge on any atom is -0.466 e. The van der Waals surface area contributed by atoms with Crippen molar-refractivity contribution in [2.45, 2.75) is 194 Å². The van der Waals surface area contributed by atoms with Crippen LogP contribution in [0.15, 0.2) is 5.18 Å². The first kappa shape index (κ1) is 48.1. The van der Waals surface area contributed by atoms with E-state index < -0.39 is 0 Å². The highest BCUT2D eigenvalue weighted by Gasteiger charge is 2.07. The number of nitrogens with zero attached hydrogens (tertiary/aromatic N) is 2. The van der Waals surface area contributed by atoms with Crippen molar-refractivity contribution in [2.24, 2.45) is 5.18 Å². The van der Waals surface area contributed by atoms with E-state index in [1.165, 1.54) is 122 Å². The van der Waals surface area contributed by atoms with E-state index in [4.69, 9.17) is 14.3 Å².